The zero-order valence-electron chi connectivity index (χ0n) is 8.97. The molecule has 0 fully saturated rings. The number of hydrogen-bond donors (Lipinski definition) is 1. The number of alkyl halides is 1. The van der Waals surface area contributed by atoms with Crippen LogP contribution in [-0.2, 0) is 0 Å². The monoisotopic (exact) mass is 240 g/mol. The van der Waals surface area contributed by atoms with Crippen LogP contribution in [0.15, 0.2) is 34.3 Å². The standard InChI is InChI=1S/C10H10F2N4O/c1-17-7-5-3-2-4-6(7)8-14-9(11)15-10(12)16(8)13/h2-5,10H,13H2,1H3. The molecule has 1 aliphatic heterocycles. The van der Waals surface area contributed by atoms with Crippen molar-refractivity contribution in [3.63, 3.8) is 0 Å². The van der Waals surface area contributed by atoms with Gasteiger partial charge in [-0.25, -0.2) is 10.9 Å². The predicted octanol–water partition coefficient (Wildman–Crippen LogP) is 1.21. The highest BCUT2D eigenvalue weighted by Gasteiger charge is 2.26. The minimum Gasteiger partial charge on any atom is -0.496 e. The molecule has 2 N–H and O–H groups in total. The summed E-state index contributed by atoms with van der Waals surface area (Å²) in [5.41, 5.74) is 0.394. The van der Waals surface area contributed by atoms with E-state index in [1.165, 1.54) is 7.11 Å². The van der Waals surface area contributed by atoms with E-state index in [1.54, 1.807) is 24.3 Å². The van der Waals surface area contributed by atoms with Gasteiger partial charge in [-0.05, 0) is 12.1 Å². The van der Waals surface area contributed by atoms with Gasteiger partial charge in [0.1, 0.15) is 5.75 Å². The second-order valence-corrected chi connectivity index (χ2v) is 3.25. The van der Waals surface area contributed by atoms with E-state index in [2.05, 4.69) is 9.98 Å². The maximum atomic E-state index is 13.3. The summed E-state index contributed by atoms with van der Waals surface area (Å²) in [6.07, 6.45) is -3.15. The van der Waals surface area contributed by atoms with Crippen LogP contribution in [0, 0.1) is 0 Å². The summed E-state index contributed by atoms with van der Waals surface area (Å²) in [7, 11) is 1.44. The van der Waals surface area contributed by atoms with Crippen molar-refractivity contribution in [3.8, 4) is 5.75 Å². The van der Waals surface area contributed by atoms with E-state index in [4.69, 9.17) is 10.6 Å². The lowest BCUT2D eigenvalue weighted by molar-refractivity contribution is 0.160. The summed E-state index contributed by atoms with van der Waals surface area (Å²) in [6.45, 7) is 0. The van der Waals surface area contributed by atoms with E-state index in [0.29, 0.717) is 16.3 Å². The summed E-state index contributed by atoms with van der Waals surface area (Å²) in [5.74, 6) is 5.79. The number of aliphatic imine (C=N–C) groups is 2. The van der Waals surface area contributed by atoms with E-state index < -0.39 is 12.5 Å². The zero-order valence-corrected chi connectivity index (χ0v) is 8.97. The highest BCUT2D eigenvalue weighted by atomic mass is 19.2. The van der Waals surface area contributed by atoms with E-state index in [9.17, 15) is 8.78 Å². The molecule has 0 radical (unpaired) electrons. The fourth-order valence-electron chi connectivity index (χ4n) is 1.45. The molecule has 0 amide bonds. The van der Waals surface area contributed by atoms with E-state index in [1.807, 2.05) is 0 Å². The second kappa shape index (κ2) is 4.46. The lowest BCUT2D eigenvalue weighted by Gasteiger charge is -2.25. The Morgan fingerprint density at radius 1 is 1.41 bits per heavy atom. The predicted molar refractivity (Wildman–Crippen MR) is 59.0 cm³/mol. The maximum Gasteiger partial charge on any atom is 0.310 e. The smallest absolute Gasteiger partial charge is 0.310 e. The topological polar surface area (TPSA) is 63.2 Å². The van der Waals surface area contributed by atoms with Crippen LogP contribution >= 0.6 is 0 Å². The first-order valence-electron chi connectivity index (χ1n) is 4.77. The van der Waals surface area contributed by atoms with E-state index >= 15 is 0 Å². The minimum absolute atomic E-state index is 0.0672. The molecule has 1 aromatic rings. The highest BCUT2D eigenvalue weighted by Crippen LogP contribution is 2.22. The average molecular weight is 240 g/mol. The number of rotatable bonds is 2. The molecular weight excluding hydrogens is 230 g/mol. The molecule has 0 aromatic heterocycles. The third-order valence-corrected chi connectivity index (χ3v) is 2.23. The van der Waals surface area contributed by atoms with Crippen LogP contribution < -0.4 is 10.6 Å². The fourth-order valence-corrected chi connectivity index (χ4v) is 1.45. The molecule has 7 heteroatoms. The molecule has 1 aromatic carbocycles. The molecule has 1 aliphatic rings. The largest absolute Gasteiger partial charge is 0.496 e. The number of hydrogen-bond acceptors (Lipinski definition) is 5. The molecule has 0 spiro atoms. The van der Waals surface area contributed by atoms with E-state index in [0.717, 1.165) is 0 Å². The van der Waals surface area contributed by atoms with Crippen LogP contribution in [-0.4, -0.2) is 30.5 Å². The van der Waals surface area contributed by atoms with Crippen LogP contribution in [0.3, 0.4) is 0 Å². The molecule has 2 rings (SSSR count). The first kappa shape index (κ1) is 11.5. The summed E-state index contributed by atoms with van der Waals surface area (Å²) in [6, 6.07) is 6.65. The van der Waals surface area contributed by atoms with Crippen LogP contribution in [0.1, 0.15) is 5.56 Å². The Hall–Kier alpha value is -2.02. The van der Waals surface area contributed by atoms with Gasteiger partial charge < -0.3 is 4.74 Å². The Bertz CT molecular complexity index is 489. The fraction of sp³-hybridized carbons (Fsp3) is 0.200. The van der Waals surface area contributed by atoms with Crippen molar-refractivity contribution in [2.24, 2.45) is 15.8 Å². The molecule has 90 valence electrons. The van der Waals surface area contributed by atoms with Crippen LogP contribution in [0.25, 0.3) is 0 Å². The molecule has 1 atom stereocenters. The molecule has 1 unspecified atom stereocenters. The van der Waals surface area contributed by atoms with Gasteiger partial charge in [-0.1, -0.05) is 12.1 Å². The van der Waals surface area contributed by atoms with Gasteiger partial charge in [-0.2, -0.15) is 18.8 Å². The Kier molecular flexibility index (Phi) is 3.01. The maximum absolute atomic E-state index is 13.3. The van der Waals surface area contributed by atoms with Gasteiger partial charge in [0.05, 0.1) is 12.7 Å². The molecule has 0 saturated heterocycles. The first-order chi connectivity index (χ1) is 8.13. The number of para-hydroxylation sites is 1. The van der Waals surface area contributed by atoms with Crippen LogP contribution in [0.4, 0.5) is 8.78 Å². The van der Waals surface area contributed by atoms with Crippen molar-refractivity contribution >= 4 is 11.9 Å². The Morgan fingerprint density at radius 2 is 2.12 bits per heavy atom. The SMILES string of the molecule is COc1ccccc1C1=NC(F)=NC(F)N1N. The van der Waals surface area contributed by atoms with Gasteiger partial charge >= 0.3 is 6.09 Å². The van der Waals surface area contributed by atoms with E-state index in [-0.39, 0.29) is 5.84 Å². The number of halogens is 2. The van der Waals surface area contributed by atoms with Crippen molar-refractivity contribution in [1.29, 1.82) is 0 Å². The van der Waals surface area contributed by atoms with Crippen molar-refractivity contribution < 1.29 is 13.5 Å². The second-order valence-electron chi connectivity index (χ2n) is 3.25. The first-order valence-corrected chi connectivity index (χ1v) is 4.77. The third kappa shape index (κ3) is 2.09. The lowest BCUT2D eigenvalue weighted by atomic mass is 10.1. The minimum atomic E-state index is -1.99. The molecule has 1 heterocycles. The number of nitrogens with zero attached hydrogens (tertiary/aromatic N) is 3. The molecule has 5 nitrogen and oxygen atoms in total. The quantitative estimate of drug-likeness (QED) is 0.624. The number of nitrogens with two attached hydrogens (primary N) is 1. The van der Waals surface area contributed by atoms with Gasteiger partial charge in [-0.3, -0.25) is 0 Å². The van der Waals surface area contributed by atoms with Crippen molar-refractivity contribution in [2.45, 2.75) is 6.42 Å². The number of hydrazine groups is 1. The molecule has 0 saturated carbocycles. The Labute approximate surface area is 96.2 Å². The summed E-state index contributed by atoms with van der Waals surface area (Å²) >= 11 is 0. The normalized spacial score (nSPS) is 19.8. The van der Waals surface area contributed by atoms with Gasteiger partial charge in [-0.15, -0.1) is 0 Å². The Balaban J connectivity index is 2.49. The number of ether oxygens (including phenoxy) is 1. The number of methoxy groups -OCH3 is 1. The highest BCUT2D eigenvalue weighted by molar-refractivity contribution is 6.07. The molecule has 0 aliphatic carbocycles. The van der Waals surface area contributed by atoms with Crippen molar-refractivity contribution in [3.05, 3.63) is 29.8 Å². The number of amidine groups is 2. The molecule has 17 heavy (non-hydrogen) atoms. The average Bonchev–Trinajstić information content (AvgIpc) is 2.33. The van der Waals surface area contributed by atoms with Gasteiger partial charge in [0.2, 0.25) is 0 Å². The lowest BCUT2D eigenvalue weighted by Crippen LogP contribution is -2.45. The van der Waals surface area contributed by atoms with Gasteiger partial charge in [0.15, 0.2) is 5.84 Å². The zero-order chi connectivity index (χ0) is 12.4. The third-order valence-electron chi connectivity index (χ3n) is 2.23. The molecule has 0 bridgehead atoms. The summed E-state index contributed by atoms with van der Waals surface area (Å²) < 4.78 is 31.3. The van der Waals surface area contributed by atoms with Crippen molar-refractivity contribution in [1.82, 2.24) is 5.01 Å². The summed E-state index contributed by atoms with van der Waals surface area (Å²) in [4.78, 5) is 6.42. The van der Waals surface area contributed by atoms with Crippen LogP contribution in [0.2, 0.25) is 0 Å². The van der Waals surface area contributed by atoms with Crippen molar-refractivity contribution in [2.75, 3.05) is 7.11 Å². The van der Waals surface area contributed by atoms with Gasteiger partial charge in [0, 0.05) is 0 Å². The molecular formula is C10H10F2N4O. The number of benzene rings is 1. The summed E-state index contributed by atoms with van der Waals surface area (Å²) in [5, 5.41) is 0.640. The Morgan fingerprint density at radius 3 is 2.82 bits per heavy atom. The van der Waals surface area contributed by atoms with Gasteiger partial charge in [0.25, 0.3) is 6.42 Å². The van der Waals surface area contributed by atoms with Crippen LogP contribution in [0.5, 0.6) is 5.75 Å².